The standard InChI is InChI=1S/C22H24N4O.2C2HF3O2/c1-15-4-5-20-18(12-15)13-19(17(3)24-20)22(27)26-10-8-25(9-11-26)21-6-7-23-14-16(21)2;2*3-2(4,5)1(6)7/h4-7,12-14H,8-11H2,1-3H3;2*(H,6,7). The van der Waals surface area contributed by atoms with Crippen molar-refractivity contribution in [2.24, 2.45) is 0 Å². The molecular weight excluding hydrogens is 562 g/mol. The van der Waals surface area contributed by atoms with Gasteiger partial charge in [-0.05, 0) is 50.6 Å². The molecule has 1 aliphatic rings. The summed E-state index contributed by atoms with van der Waals surface area (Å²) in [5.41, 5.74) is 5.99. The maximum Gasteiger partial charge on any atom is 0.490 e. The SMILES string of the molecule is Cc1ccc2nc(C)c(C(=O)N3CCN(c4ccncc4C)CC3)cc2c1.O=C(O)C(F)(F)F.O=C(O)C(F)(F)F. The quantitative estimate of drug-likeness (QED) is 0.410. The molecule has 15 heteroatoms. The summed E-state index contributed by atoms with van der Waals surface area (Å²) in [6, 6.07) is 10.2. The molecule has 0 radical (unpaired) electrons. The van der Waals surface area contributed by atoms with Gasteiger partial charge in [0.2, 0.25) is 0 Å². The number of carbonyl (C=O) groups excluding carboxylic acids is 1. The molecule has 0 atom stereocenters. The van der Waals surface area contributed by atoms with Crippen LogP contribution in [0.3, 0.4) is 0 Å². The van der Waals surface area contributed by atoms with Gasteiger partial charge in [-0.1, -0.05) is 11.6 Å². The van der Waals surface area contributed by atoms with Gasteiger partial charge in [0.15, 0.2) is 0 Å². The van der Waals surface area contributed by atoms with Crippen molar-refractivity contribution in [1.29, 1.82) is 0 Å². The second-order valence-corrected chi connectivity index (χ2v) is 8.86. The number of rotatable bonds is 2. The van der Waals surface area contributed by atoms with E-state index in [1.807, 2.05) is 42.4 Å². The number of carbonyl (C=O) groups is 3. The lowest BCUT2D eigenvalue weighted by molar-refractivity contribution is -0.193. The molecule has 9 nitrogen and oxygen atoms in total. The number of aliphatic carboxylic acids is 2. The highest BCUT2D eigenvalue weighted by molar-refractivity contribution is 5.98. The number of carboxylic acid groups (broad SMARTS) is 2. The molecule has 41 heavy (non-hydrogen) atoms. The van der Waals surface area contributed by atoms with E-state index >= 15 is 0 Å². The van der Waals surface area contributed by atoms with Crippen LogP contribution in [0.4, 0.5) is 32.0 Å². The number of aryl methyl sites for hydroxylation is 3. The largest absolute Gasteiger partial charge is 0.490 e. The van der Waals surface area contributed by atoms with Crippen LogP contribution in [0.1, 0.15) is 27.2 Å². The zero-order chi connectivity index (χ0) is 31.1. The monoisotopic (exact) mass is 588 g/mol. The minimum atomic E-state index is -5.08. The first-order valence-corrected chi connectivity index (χ1v) is 11.8. The van der Waals surface area contributed by atoms with Crippen LogP contribution in [-0.4, -0.2) is 81.5 Å². The smallest absolute Gasteiger partial charge is 0.475 e. The molecule has 3 heterocycles. The normalized spacial score (nSPS) is 13.5. The van der Waals surface area contributed by atoms with Crippen LogP contribution in [0.5, 0.6) is 0 Å². The Labute approximate surface area is 230 Å². The molecule has 1 aromatic carbocycles. The number of benzene rings is 1. The predicted octanol–water partition coefficient (Wildman–Crippen LogP) is 4.78. The van der Waals surface area contributed by atoms with Gasteiger partial charge in [-0.15, -0.1) is 0 Å². The van der Waals surface area contributed by atoms with Crippen LogP contribution in [0, 0.1) is 20.8 Å². The molecule has 0 unspecified atom stereocenters. The lowest BCUT2D eigenvalue weighted by Crippen LogP contribution is -2.49. The summed E-state index contributed by atoms with van der Waals surface area (Å²) in [6.45, 7) is 9.14. The summed E-state index contributed by atoms with van der Waals surface area (Å²) in [4.78, 5) is 44.0. The van der Waals surface area contributed by atoms with Gasteiger partial charge in [-0.25, -0.2) is 9.59 Å². The molecule has 1 saturated heterocycles. The fourth-order valence-electron chi connectivity index (χ4n) is 3.75. The first-order chi connectivity index (χ1) is 18.9. The van der Waals surface area contributed by atoms with Crippen molar-refractivity contribution in [3.8, 4) is 0 Å². The summed E-state index contributed by atoms with van der Waals surface area (Å²) in [6.07, 6.45) is -6.45. The lowest BCUT2D eigenvalue weighted by atomic mass is 10.1. The molecule has 2 aromatic heterocycles. The molecule has 1 fully saturated rings. The molecular formula is C26H26F6N4O5. The van der Waals surface area contributed by atoms with Crippen LogP contribution in [-0.2, 0) is 9.59 Å². The van der Waals surface area contributed by atoms with Crippen LogP contribution in [0.2, 0.25) is 0 Å². The number of anilines is 1. The zero-order valence-electron chi connectivity index (χ0n) is 22.0. The van der Waals surface area contributed by atoms with Crippen molar-refractivity contribution < 1.29 is 50.9 Å². The summed E-state index contributed by atoms with van der Waals surface area (Å²) in [7, 11) is 0. The van der Waals surface area contributed by atoms with Gasteiger partial charge in [-0.3, -0.25) is 14.8 Å². The Kier molecular flexibility index (Phi) is 10.6. The van der Waals surface area contributed by atoms with Crippen LogP contribution in [0.15, 0.2) is 42.7 Å². The van der Waals surface area contributed by atoms with E-state index in [4.69, 9.17) is 19.8 Å². The number of alkyl halides is 6. The minimum absolute atomic E-state index is 0.0782. The molecule has 1 amide bonds. The highest BCUT2D eigenvalue weighted by atomic mass is 19.4. The van der Waals surface area contributed by atoms with Gasteiger partial charge in [0, 0.05) is 49.6 Å². The van der Waals surface area contributed by atoms with Gasteiger partial charge >= 0.3 is 24.3 Å². The van der Waals surface area contributed by atoms with Crippen LogP contribution >= 0.6 is 0 Å². The summed E-state index contributed by atoms with van der Waals surface area (Å²) >= 11 is 0. The van der Waals surface area contributed by atoms with Crippen LogP contribution in [0.25, 0.3) is 10.9 Å². The van der Waals surface area contributed by atoms with Crippen molar-refractivity contribution in [3.63, 3.8) is 0 Å². The molecule has 0 bridgehead atoms. The first kappa shape index (κ1) is 32.8. The Morgan fingerprint density at radius 1 is 0.829 bits per heavy atom. The predicted molar refractivity (Wildman–Crippen MR) is 136 cm³/mol. The number of piperazine rings is 1. The molecule has 3 aromatic rings. The highest BCUT2D eigenvalue weighted by Crippen LogP contribution is 2.23. The Morgan fingerprint density at radius 2 is 1.37 bits per heavy atom. The second-order valence-electron chi connectivity index (χ2n) is 8.86. The van der Waals surface area contributed by atoms with E-state index in [1.54, 1.807) is 0 Å². The van der Waals surface area contributed by atoms with Gasteiger partial charge in [0.1, 0.15) is 0 Å². The number of fused-ring (bicyclic) bond motifs is 1. The van der Waals surface area contributed by atoms with Crippen molar-refractivity contribution in [3.05, 3.63) is 65.1 Å². The third-order valence-electron chi connectivity index (χ3n) is 5.77. The summed E-state index contributed by atoms with van der Waals surface area (Å²) in [5.74, 6) is -5.44. The molecule has 2 N–H and O–H groups in total. The van der Waals surface area contributed by atoms with E-state index in [0.29, 0.717) is 18.7 Å². The van der Waals surface area contributed by atoms with Crippen molar-refractivity contribution >= 4 is 34.4 Å². The van der Waals surface area contributed by atoms with Gasteiger partial charge in [-0.2, -0.15) is 26.3 Å². The van der Waals surface area contributed by atoms with E-state index in [1.165, 1.54) is 16.8 Å². The Bertz CT molecular complexity index is 1380. The minimum Gasteiger partial charge on any atom is -0.475 e. The number of amides is 1. The second kappa shape index (κ2) is 13.3. The van der Waals surface area contributed by atoms with Gasteiger partial charge in [0.25, 0.3) is 5.91 Å². The summed E-state index contributed by atoms with van der Waals surface area (Å²) in [5, 5.41) is 15.3. The number of hydrogen-bond acceptors (Lipinski definition) is 6. The van der Waals surface area contributed by atoms with E-state index in [0.717, 1.165) is 29.7 Å². The molecule has 0 aliphatic carbocycles. The number of hydrogen-bond donors (Lipinski definition) is 2. The fourth-order valence-corrected chi connectivity index (χ4v) is 3.75. The number of halogens is 6. The van der Waals surface area contributed by atoms with E-state index in [-0.39, 0.29) is 5.91 Å². The van der Waals surface area contributed by atoms with Crippen molar-refractivity contribution in [2.45, 2.75) is 33.1 Å². The number of carboxylic acids is 2. The van der Waals surface area contributed by atoms with E-state index in [9.17, 15) is 31.1 Å². The van der Waals surface area contributed by atoms with Crippen LogP contribution < -0.4 is 4.90 Å². The average Bonchev–Trinajstić information content (AvgIpc) is 2.88. The zero-order valence-corrected chi connectivity index (χ0v) is 22.0. The number of pyridine rings is 2. The molecule has 1 aliphatic heterocycles. The number of nitrogens with zero attached hydrogens (tertiary/aromatic N) is 4. The number of aromatic nitrogens is 2. The molecule has 4 rings (SSSR count). The van der Waals surface area contributed by atoms with Crippen molar-refractivity contribution in [1.82, 2.24) is 14.9 Å². The van der Waals surface area contributed by atoms with Crippen molar-refractivity contribution in [2.75, 3.05) is 31.1 Å². The Morgan fingerprint density at radius 3 is 1.85 bits per heavy atom. The fraction of sp³-hybridized carbons (Fsp3) is 0.346. The summed E-state index contributed by atoms with van der Waals surface area (Å²) < 4.78 is 63.5. The molecule has 222 valence electrons. The first-order valence-electron chi connectivity index (χ1n) is 11.8. The maximum absolute atomic E-state index is 13.1. The average molecular weight is 589 g/mol. The molecule has 0 spiro atoms. The van der Waals surface area contributed by atoms with Gasteiger partial charge in [0.05, 0.1) is 16.8 Å². The third kappa shape index (κ3) is 9.32. The van der Waals surface area contributed by atoms with Gasteiger partial charge < -0.3 is 20.0 Å². The highest BCUT2D eigenvalue weighted by Gasteiger charge is 2.38. The maximum atomic E-state index is 13.1. The lowest BCUT2D eigenvalue weighted by Gasteiger charge is -2.36. The topological polar surface area (TPSA) is 124 Å². The molecule has 0 saturated carbocycles. The van der Waals surface area contributed by atoms with E-state index in [2.05, 4.69) is 40.8 Å². The Hall–Kier alpha value is -4.43. The van der Waals surface area contributed by atoms with E-state index < -0.39 is 24.3 Å². The third-order valence-corrected chi connectivity index (χ3v) is 5.77. The Balaban J connectivity index is 0.000000349.